The minimum Gasteiger partial charge on any atom is -0.382 e. The predicted octanol–water partition coefficient (Wildman–Crippen LogP) is 5.85. The van der Waals surface area contributed by atoms with E-state index in [1.165, 1.54) is 12.5 Å². The van der Waals surface area contributed by atoms with Crippen LogP contribution in [0.2, 0.25) is 0 Å². The summed E-state index contributed by atoms with van der Waals surface area (Å²) in [6.45, 7) is 2.21. The maximum absolute atomic E-state index is 13.1. The van der Waals surface area contributed by atoms with Crippen LogP contribution >= 0.6 is 15.9 Å². The monoisotopic (exact) mass is 349 g/mol. The van der Waals surface area contributed by atoms with Gasteiger partial charge in [-0.2, -0.15) is 13.2 Å². The van der Waals surface area contributed by atoms with E-state index >= 15 is 0 Å². The van der Waals surface area contributed by atoms with E-state index in [0.717, 1.165) is 31.7 Å². The van der Waals surface area contributed by atoms with E-state index in [9.17, 15) is 13.2 Å². The first kappa shape index (κ1) is 15.7. The zero-order chi connectivity index (χ0) is 14.8. The number of hydrogen-bond acceptors (Lipinski definition) is 1. The lowest BCUT2D eigenvalue weighted by Gasteiger charge is -2.21. The maximum atomic E-state index is 13.1. The first-order valence-electron chi connectivity index (χ1n) is 6.99. The van der Waals surface area contributed by atoms with Crippen molar-refractivity contribution >= 4 is 21.6 Å². The Kier molecular flexibility index (Phi) is 4.99. The second-order valence-corrected chi connectivity index (χ2v) is 6.56. The Bertz CT molecular complexity index is 459. The van der Waals surface area contributed by atoms with Crippen molar-refractivity contribution in [2.24, 2.45) is 5.92 Å². The second kappa shape index (κ2) is 6.37. The Balaban J connectivity index is 2.16. The quantitative estimate of drug-likeness (QED) is 0.660. The summed E-state index contributed by atoms with van der Waals surface area (Å²) >= 11 is 3.11. The van der Waals surface area contributed by atoms with Gasteiger partial charge in [0.05, 0.1) is 5.56 Å². The Morgan fingerprint density at radius 2 is 1.90 bits per heavy atom. The van der Waals surface area contributed by atoms with Crippen molar-refractivity contribution in [3.05, 3.63) is 28.2 Å². The molecule has 1 aliphatic carbocycles. The van der Waals surface area contributed by atoms with Gasteiger partial charge in [0.15, 0.2) is 0 Å². The molecule has 0 heterocycles. The van der Waals surface area contributed by atoms with Gasteiger partial charge in [0.25, 0.3) is 0 Å². The van der Waals surface area contributed by atoms with Crippen molar-refractivity contribution in [3.8, 4) is 0 Å². The van der Waals surface area contributed by atoms with Crippen LogP contribution in [0.5, 0.6) is 0 Å². The van der Waals surface area contributed by atoms with Crippen LogP contribution < -0.4 is 5.32 Å². The van der Waals surface area contributed by atoms with Crippen molar-refractivity contribution in [2.45, 2.75) is 51.2 Å². The van der Waals surface area contributed by atoms with Crippen LogP contribution in [0.25, 0.3) is 0 Å². The average molecular weight is 350 g/mol. The fourth-order valence-electron chi connectivity index (χ4n) is 2.73. The minimum absolute atomic E-state index is 0.141. The zero-order valence-electron chi connectivity index (χ0n) is 11.4. The maximum Gasteiger partial charge on any atom is 0.418 e. The number of halogens is 4. The van der Waals surface area contributed by atoms with Gasteiger partial charge in [-0.25, -0.2) is 0 Å². The lowest BCUT2D eigenvalue weighted by Crippen LogP contribution is -2.21. The highest BCUT2D eigenvalue weighted by molar-refractivity contribution is 9.10. The number of benzene rings is 1. The minimum atomic E-state index is -4.33. The third-order valence-electron chi connectivity index (χ3n) is 3.90. The predicted molar refractivity (Wildman–Crippen MR) is 78.8 cm³/mol. The Morgan fingerprint density at radius 3 is 2.60 bits per heavy atom. The van der Waals surface area contributed by atoms with Crippen LogP contribution in [0.4, 0.5) is 18.9 Å². The van der Waals surface area contributed by atoms with Gasteiger partial charge < -0.3 is 5.32 Å². The topological polar surface area (TPSA) is 12.0 Å². The van der Waals surface area contributed by atoms with Gasteiger partial charge >= 0.3 is 6.18 Å². The van der Waals surface area contributed by atoms with Crippen molar-refractivity contribution in [3.63, 3.8) is 0 Å². The largest absolute Gasteiger partial charge is 0.418 e. The van der Waals surface area contributed by atoms with Crippen LogP contribution in [0.15, 0.2) is 22.7 Å². The van der Waals surface area contributed by atoms with Crippen LogP contribution in [-0.4, -0.2) is 6.04 Å². The molecule has 1 aliphatic rings. The number of rotatable bonds is 2. The molecular formula is C15H19BrF3N. The van der Waals surface area contributed by atoms with E-state index < -0.39 is 11.7 Å². The van der Waals surface area contributed by atoms with Crippen LogP contribution in [0.3, 0.4) is 0 Å². The fraction of sp³-hybridized carbons (Fsp3) is 0.600. The fourth-order valence-corrected chi connectivity index (χ4v) is 3.09. The van der Waals surface area contributed by atoms with Gasteiger partial charge in [-0.3, -0.25) is 0 Å². The Morgan fingerprint density at radius 1 is 1.15 bits per heavy atom. The first-order valence-corrected chi connectivity index (χ1v) is 7.79. The first-order chi connectivity index (χ1) is 9.36. The highest BCUT2D eigenvalue weighted by Gasteiger charge is 2.34. The molecule has 1 aromatic rings. The normalized spacial score (nSPS) is 24.2. The molecule has 1 aromatic carbocycles. The van der Waals surface area contributed by atoms with Crippen LogP contribution in [-0.2, 0) is 6.18 Å². The molecule has 2 atom stereocenters. The van der Waals surface area contributed by atoms with Crippen LogP contribution in [0.1, 0.15) is 44.6 Å². The van der Waals surface area contributed by atoms with E-state index in [4.69, 9.17) is 0 Å². The Hall–Kier alpha value is -0.710. The lowest BCUT2D eigenvalue weighted by atomic mass is 10.0. The molecule has 0 radical (unpaired) electrons. The molecule has 1 nitrogen and oxygen atoms in total. The summed E-state index contributed by atoms with van der Waals surface area (Å²) in [6, 6.07) is 4.45. The summed E-state index contributed by atoms with van der Waals surface area (Å²) in [5.74, 6) is 0.675. The molecule has 0 saturated heterocycles. The van der Waals surface area contributed by atoms with Crippen molar-refractivity contribution in [1.29, 1.82) is 0 Å². The molecule has 0 aromatic heterocycles. The number of anilines is 1. The van der Waals surface area contributed by atoms with Gasteiger partial charge in [-0.1, -0.05) is 35.7 Å². The standard InChI is InChI=1S/C15H19BrF3N/c1-10-3-2-4-12(7-5-10)20-14-8-6-11(16)9-13(14)15(17,18)19/h6,8-10,12,20H,2-5,7H2,1H3. The average Bonchev–Trinajstić information content (AvgIpc) is 2.55. The van der Waals surface area contributed by atoms with Crippen molar-refractivity contribution in [2.75, 3.05) is 5.32 Å². The van der Waals surface area contributed by atoms with Gasteiger partial charge in [0.2, 0.25) is 0 Å². The summed E-state index contributed by atoms with van der Waals surface area (Å²) < 4.78 is 39.6. The molecule has 0 bridgehead atoms. The van der Waals surface area contributed by atoms with E-state index in [-0.39, 0.29) is 11.7 Å². The molecule has 5 heteroatoms. The Labute approximate surface area is 126 Å². The third kappa shape index (κ3) is 4.14. The summed E-state index contributed by atoms with van der Waals surface area (Å²) in [5, 5.41) is 3.10. The molecule has 0 amide bonds. The summed E-state index contributed by atoms with van der Waals surface area (Å²) in [4.78, 5) is 0. The lowest BCUT2D eigenvalue weighted by molar-refractivity contribution is -0.137. The van der Waals surface area contributed by atoms with Gasteiger partial charge in [0, 0.05) is 16.2 Å². The second-order valence-electron chi connectivity index (χ2n) is 5.64. The zero-order valence-corrected chi connectivity index (χ0v) is 13.0. The highest BCUT2D eigenvalue weighted by atomic mass is 79.9. The van der Waals surface area contributed by atoms with E-state index in [1.54, 1.807) is 6.07 Å². The highest BCUT2D eigenvalue weighted by Crippen LogP contribution is 2.37. The molecule has 0 aliphatic heterocycles. The van der Waals surface area contributed by atoms with E-state index in [0.29, 0.717) is 10.4 Å². The summed E-state index contributed by atoms with van der Waals surface area (Å²) in [7, 11) is 0. The smallest absolute Gasteiger partial charge is 0.382 e. The molecule has 1 fully saturated rings. The number of alkyl halides is 3. The van der Waals surface area contributed by atoms with Crippen LogP contribution in [0, 0.1) is 5.92 Å². The molecule has 1 saturated carbocycles. The molecule has 20 heavy (non-hydrogen) atoms. The summed E-state index contributed by atoms with van der Waals surface area (Å²) in [6.07, 6.45) is 0.882. The molecule has 112 valence electrons. The molecule has 1 N–H and O–H groups in total. The number of hydrogen-bond donors (Lipinski definition) is 1. The van der Waals surface area contributed by atoms with E-state index in [2.05, 4.69) is 28.2 Å². The van der Waals surface area contributed by atoms with Crippen molar-refractivity contribution in [1.82, 2.24) is 0 Å². The molecule has 0 spiro atoms. The van der Waals surface area contributed by atoms with Gasteiger partial charge in [-0.15, -0.1) is 0 Å². The van der Waals surface area contributed by atoms with E-state index in [1.807, 2.05) is 0 Å². The van der Waals surface area contributed by atoms with Gasteiger partial charge in [-0.05, 0) is 43.4 Å². The van der Waals surface area contributed by atoms with Crippen molar-refractivity contribution < 1.29 is 13.2 Å². The molecule has 2 rings (SSSR count). The third-order valence-corrected chi connectivity index (χ3v) is 4.40. The van der Waals surface area contributed by atoms with Gasteiger partial charge in [0.1, 0.15) is 0 Å². The summed E-state index contributed by atoms with van der Waals surface area (Å²) in [5.41, 5.74) is -0.399. The SMILES string of the molecule is CC1CCCC(Nc2ccc(Br)cc2C(F)(F)F)CC1. The molecule has 2 unspecified atom stereocenters. The molecular weight excluding hydrogens is 331 g/mol. The number of nitrogens with one attached hydrogen (secondary N) is 1.